The van der Waals surface area contributed by atoms with Crippen LogP contribution in [-0.4, -0.2) is 23.4 Å². The van der Waals surface area contributed by atoms with E-state index in [1.54, 1.807) is 7.11 Å². The van der Waals surface area contributed by atoms with Crippen molar-refractivity contribution in [3.8, 4) is 11.5 Å². The normalized spacial score (nSPS) is 31.7. The Kier molecular flexibility index (Phi) is 5.32. The number of benzene rings is 2. The molecule has 0 aromatic heterocycles. The van der Waals surface area contributed by atoms with Crippen molar-refractivity contribution in [3.63, 3.8) is 0 Å². The summed E-state index contributed by atoms with van der Waals surface area (Å²) >= 11 is 3.62. The predicted octanol–water partition coefficient (Wildman–Crippen LogP) is 5.21. The van der Waals surface area contributed by atoms with Crippen molar-refractivity contribution in [2.24, 2.45) is 11.8 Å². The maximum absolute atomic E-state index is 11.1. The van der Waals surface area contributed by atoms with Gasteiger partial charge < -0.3 is 19.9 Å². The van der Waals surface area contributed by atoms with Crippen molar-refractivity contribution in [3.05, 3.63) is 58.1 Å². The van der Waals surface area contributed by atoms with Gasteiger partial charge >= 0.3 is 0 Å². The first-order chi connectivity index (χ1) is 14.5. The molecule has 0 radical (unpaired) electrons. The number of rotatable bonds is 7. The van der Waals surface area contributed by atoms with Gasteiger partial charge in [0.25, 0.3) is 0 Å². The highest BCUT2D eigenvalue weighted by Gasteiger charge is 2.56. The fraction of sp³-hybridized carbons (Fsp3) is 0.520. The highest BCUT2D eigenvalue weighted by atomic mass is 79.9. The van der Waals surface area contributed by atoms with E-state index in [-0.39, 0.29) is 5.54 Å². The largest absolute Gasteiger partial charge is 0.493 e. The van der Waals surface area contributed by atoms with Gasteiger partial charge in [0.05, 0.1) is 12.7 Å². The molecule has 5 heteroatoms. The Morgan fingerprint density at radius 2 is 1.83 bits per heavy atom. The maximum Gasteiger partial charge on any atom is 0.166 e. The van der Waals surface area contributed by atoms with E-state index in [2.05, 4.69) is 39.4 Å². The minimum absolute atomic E-state index is 0.0467. The number of hydrogen-bond donors (Lipinski definition) is 2. The second-order valence-electron chi connectivity index (χ2n) is 9.69. The van der Waals surface area contributed by atoms with Gasteiger partial charge in [0, 0.05) is 22.1 Å². The van der Waals surface area contributed by atoms with Gasteiger partial charge in [-0.05, 0) is 68.1 Å². The van der Waals surface area contributed by atoms with Gasteiger partial charge in [0.15, 0.2) is 11.5 Å². The van der Waals surface area contributed by atoms with Crippen LogP contribution in [0.2, 0.25) is 0 Å². The van der Waals surface area contributed by atoms with Crippen LogP contribution in [0.1, 0.15) is 49.7 Å². The Balaban J connectivity index is 1.37. The topological polar surface area (TPSA) is 50.7 Å². The summed E-state index contributed by atoms with van der Waals surface area (Å²) in [5, 5.41) is 14.9. The third kappa shape index (κ3) is 4.00. The molecule has 4 saturated carbocycles. The number of methoxy groups -OCH3 is 1. The lowest BCUT2D eigenvalue weighted by atomic mass is 9.51. The summed E-state index contributed by atoms with van der Waals surface area (Å²) in [6, 6.07) is 14.3. The summed E-state index contributed by atoms with van der Waals surface area (Å²) in [5.74, 6) is 2.85. The summed E-state index contributed by atoms with van der Waals surface area (Å²) in [6.07, 6.45) is 6.50. The van der Waals surface area contributed by atoms with Crippen LogP contribution in [0, 0.1) is 11.8 Å². The molecule has 4 bridgehead atoms. The molecule has 2 unspecified atom stereocenters. The molecular weight excluding hydrogens is 442 g/mol. The molecule has 0 amide bonds. The van der Waals surface area contributed by atoms with E-state index in [0.29, 0.717) is 25.0 Å². The average molecular weight is 472 g/mol. The first-order valence-corrected chi connectivity index (χ1v) is 11.8. The zero-order valence-corrected chi connectivity index (χ0v) is 19.1. The molecule has 4 aliphatic rings. The first-order valence-electron chi connectivity index (χ1n) is 11.0. The molecule has 4 nitrogen and oxygen atoms in total. The Morgan fingerprint density at radius 3 is 2.50 bits per heavy atom. The van der Waals surface area contributed by atoms with Gasteiger partial charge in [-0.2, -0.15) is 0 Å². The molecule has 2 aromatic rings. The van der Waals surface area contributed by atoms with E-state index in [1.165, 1.54) is 19.3 Å². The molecule has 0 saturated heterocycles. The van der Waals surface area contributed by atoms with E-state index < -0.39 is 5.60 Å². The molecule has 0 spiro atoms. The minimum atomic E-state index is -0.460. The molecular formula is C25H30BrNO3. The fourth-order valence-corrected chi connectivity index (χ4v) is 6.99. The SMILES string of the molecule is COc1cc(Br)cc(CNC23CC4CC(CC(O)(C4)C2)C3)c1OCc1ccccc1. The number of ether oxygens (including phenoxy) is 2. The van der Waals surface area contributed by atoms with Crippen LogP contribution in [0.25, 0.3) is 0 Å². The van der Waals surface area contributed by atoms with Gasteiger partial charge in [0.1, 0.15) is 6.61 Å². The van der Waals surface area contributed by atoms with Crippen LogP contribution >= 0.6 is 15.9 Å². The predicted molar refractivity (Wildman–Crippen MR) is 121 cm³/mol. The van der Waals surface area contributed by atoms with E-state index >= 15 is 0 Å². The standard InChI is InChI=1S/C25H30BrNO3/c1-29-22-9-21(26)8-20(23(22)30-15-17-5-3-2-4-6-17)14-27-24-10-18-7-19(11-24)13-25(28,12-18)16-24/h2-6,8-9,18-19,27-28H,7,10-16H2,1H3. The Labute approximate surface area is 187 Å². The van der Waals surface area contributed by atoms with Crippen molar-refractivity contribution < 1.29 is 14.6 Å². The number of hydrogen-bond acceptors (Lipinski definition) is 4. The van der Waals surface area contributed by atoms with Gasteiger partial charge in [-0.15, -0.1) is 0 Å². The van der Waals surface area contributed by atoms with Crippen LogP contribution in [0.15, 0.2) is 46.9 Å². The monoisotopic (exact) mass is 471 g/mol. The van der Waals surface area contributed by atoms with Crippen LogP contribution in [0.5, 0.6) is 11.5 Å². The van der Waals surface area contributed by atoms with Gasteiger partial charge in [-0.1, -0.05) is 46.3 Å². The van der Waals surface area contributed by atoms with Crippen LogP contribution < -0.4 is 14.8 Å². The zero-order valence-electron chi connectivity index (χ0n) is 17.5. The fourth-order valence-electron chi connectivity index (χ4n) is 6.50. The molecule has 2 N–H and O–H groups in total. The van der Waals surface area contributed by atoms with Crippen molar-refractivity contribution >= 4 is 15.9 Å². The number of nitrogens with one attached hydrogen (secondary N) is 1. The van der Waals surface area contributed by atoms with E-state index in [4.69, 9.17) is 9.47 Å². The lowest BCUT2D eigenvalue weighted by Crippen LogP contribution is -2.64. The highest BCUT2D eigenvalue weighted by molar-refractivity contribution is 9.10. The summed E-state index contributed by atoms with van der Waals surface area (Å²) < 4.78 is 12.9. The number of aliphatic hydroxyl groups is 1. The lowest BCUT2D eigenvalue weighted by Gasteiger charge is -2.60. The quantitative estimate of drug-likeness (QED) is 0.581. The first kappa shape index (κ1) is 20.3. The Hall–Kier alpha value is -1.56. The number of halogens is 1. The Bertz CT molecular complexity index is 902. The summed E-state index contributed by atoms with van der Waals surface area (Å²) in [7, 11) is 1.68. The summed E-state index contributed by atoms with van der Waals surface area (Å²) in [4.78, 5) is 0. The summed E-state index contributed by atoms with van der Waals surface area (Å²) in [6.45, 7) is 1.20. The van der Waals surface area contributed by atoms with Crippen LogP contribution in [0.4, 0.5) is 0 Å². The smallest absolute Gasteiger partial charge is 0.166 e. The third-order valence-corrected chi connectivity index (χ3v) is 7.68. The van der Waals surface area contributed by atoms with E-state index in [9.17, 15) is 5.11 Å². The minimum Gasteiger partial charge on any atom is -0.493 e. The molecule has 4 fully saturated rings. The van der Waals surface area contributed by atoms with Gasteiger partial charge in [-0.3, -0.25) is 0 Å². The van der Waals surface area contributed by atoms with Crippen LogP contribution in [0.3, 0.4) is 0 Å². The lowest BCUT2D eigenvalue weighted by molar-refractivity contribution is -0.142. The maximum atomic E-state index is 11.1. The second kappa shape index (κ2) is 7.85. The van der Waals surface area contributed by atoms with Crippen LogP contribution in [-0.2, 0) is 13.2 Å². The average Bonchev–Trinajstić information content (AvgIpc) is 2.70. The Morgan fingerprint density at radius 1 is 1.10 bits per heavy atom. The molecule has 0 aliphatic heterocycles. The van der Waals surface area contributed by atoms with Crippen molar-refractivity contribution in [2.45, 2.75) is 62.8 Å². The van der Waals surface area contributed by atoms with Crippen molar-refractivity contribution in [1.29, 1.82) is 0 Å². The molecule has 2 atom stereocenters. The molecule has 0 heterocycles. The zero-order chi connectivity index (χ0) is 20.8. The molecule has 160 valence electrons. The van der Waals surface area contributed by atoms with Crippen molar-refractivity contribution in [1.82, 2.24) is 5.32 Å². The molecule has 6 rings (SSSR count). The summed E-state index contributed by atoms with van der Waals surface area (Å²) in [5.41, 5.74) is 1.80. The molecule has 2 aromatic carbocycles. The second-order valence-corrected chi connectivity index (χ2v) is 10.6. The molecule has 4 aliphatic carbocycles. The van der Waals surface area contributed by atoms with Gasteiger partial charge in [0.2, 0.25) is 0 Å². The van der Waals surface area contributed by atoms with Crippen molar-refractivity contribution in [2.75, 3.05) is 7.11 Å². The van der Waals surface area contributed by atoms with E-state index in [0.717, 1.165) is 46.4 Å². The molecule has 30 heavy (non-hydrogen) atoms. The van der Waals surface area contributed by atoms with Gasteiger partial charge in [-0.25, -0.2) is 0 Å². The highest BCUT2D eigenvalue weighted by Crippen LogP contribution is 2.57. The third-order valence-electron chi connectivity index (χ3n) is 7.23. The van der Waals surface area contributed by atoms with E-state index in [1.807, 2.05) is 24.3 Å².